The van der Waals surface area contributed by atoms with Gasteiger partial charge in [-0.2, -0.15) is 9.78 Å². The van der Waals surface area contributed by atoms with Crippen molar-refractivity contribution in [2.75, 3.05) is 7.11 Å². The molecule has 0 aliphatic heterocycles. The van der Waals surface area contributed by atoms with Gasteiger partial charge in [-0.05, 0) is 50.1 Å². The summed E-state index contributed by atoms with van der Waals surface area (Å²) in [4.78, 5) is 18.1. The van der Waals surface area contributed by atoms with Crippen LogP contribution in [0.5, 0.6) is 11.5 Å². The Kier molecular flexibility index (Phi) is 8.11. The summed E-state index contributed by atoms with van der Waals surface area (Å²) in [6, 6.07) is 9.24. The minimum absolute atomic E-state index is 0.00434. The molecule has 2 atom stereocenters. The second kappa shape index (κ2) is 10.6. The lowest BCUT2D eigenvalue weighted by molar-refractivity contribution is 0.207. The summed E-state index contributed by atoms with van der Waals surface area (Å²) in [6.45, 7) is 8.16. The van der Waals surface area contributed by atoms with Crippen molar-refractivity contribution in [3.8, 4) is 11.5 Å². The smallest absolute Gasteiger partial charge is 0.282 e. The Hall–Kier alpha value is -2.19. The van der Waals surface area contributed by atoms with Gasteiger partial charge in [0.15, 0.2) is 11.5 Å². The average Bonchev–Trinajstić information content (AvgIpc) is 2.79. The van der Waals surface area contributed by atoms with Crippen LogP contribution in [0.2, 0.25) is 0 Å². The van der Waals surface area contributed by atoms with E-state index in [0.29, 0.717) is 33.8 Å². The number of hydrogen-bond donors (Lipinski definition) is 0. The van der Waals surface area contributed by atoms with Crippen LogP contribution in [0.25, 0.3) is 10.9 Å². The van der Waals surface area contributed by atoms with Gasteiger partial charge in [0.05, 0.1) is 30.3 Å². The molecule has 0 amide bonds. The van der Waals surface area contributed by atoms with E-state index in [0.717, 1.165) is 21.8 Å². The molecule has 0 bridgehead atoms. The highest BCUT2D eigenvalue weighted by Crippen LogP contribution is 2.35. The van der Waals surface area contributed by atoms with Crippen molar-refractivity contribution in [3.63, 3.8) is 0 Å². The fourth-order valence-electron chi connectivity index (χ4n) is 3.15. The highest BCUT2D eigenvalue weighted by atomic mass is 79.9. The third kappa shape index (κ3) is 5.23. The molecule has 0 aliphatic rings. The molecule has 0 spiro atoms. The van der Waals surface area contributed by atoms with Crippen LogP contribution in [-0.2, 0) is 0 Å². The molecule has 0 N–H and O–H groups in total. The van der Waals surface area contributed by atoms with Gasteiger partial charge in [-0.25, -0.2) is 4.98 Å². The second-order valence-electron chi connectivity index (χ2n) is 7.67. The summed E-state index contributed by atoms with van der Waals surface area (Å²) in [5, 5.41) is 5.09. The van der Waals surface area contributed by atoms with E-state index in [-0.39, 0.29) is 17.6 Å². The van der Waals surface area contributed by atoms with E-state index in [2.05, 4.69) is 50.8 Å². The molecule has 6 nitrogen and oxygen atoms in total. The maximum atomic E-state index is 13.4. The number of benzene rings is 2. The van der Waals surface area contributed by atoms with Crippen LogP contribution >= 0.6 is 31.9 Å². The monoisotopic (exact) mass is 563 g/mol. The zero-order chi connectivity index (χ0) is 23.4. The van der Waals surface area contributed by atoms with Gasteiger partial charge in [-0.3, -0.25) is 4.79 Å². The third-order valence-electron chi connectivity index (χ3n) is 5.36. The number of halogens is 2. The van der Waals surface area contributed by atoms with Crippen molar-refractivity contribution in [3.05, 3.63) is 61.0 Å². The van der Waals surface area contributed by atoms with Crippen molar-refractivity contribution < 1.29 is 9.47 Å². The number of hydrogen-bond acceptors (Lipinski definition) is 5. The second-order valence-corrected chi connectivity index (χ2v) is 9.50. The van der Waals surface area contributed by atoms with Crippen LogP contribution in [0.4, 0.5) is 0 Å². The lowest BCUT2D eigenvalue weighted by Crippen LogP contribution is -2.23. The summed E-state index contributed by atoms with van der Waals surface area (Å²) in [5.74, 6) is 1.86. The molecule has 0 saturated heterocycles. The fraction of sp³-hybridized carbons (Fsp3) is 0.375. The molecule has 3 rings (SSSR count). The Bertz CT molecular complexity index is 1210. The minimum atomic E-state index is -0.214. The molecule has 0 aliphatic carbocycles. The first-order valence-corrected chi connectivity index (χ1v) is 12.2. The molecule has 0 saturated carbocycles. The number of nitrogens with zero attached hydrogens (tertiary/aromatic N) is 3. The first-order valence-electron chi connectivity index (χ1n) is 10.6. The van der Waals surface area contributed by atoms with Gasteiger partial charge in [0.2, 0.25) is 0 Å². The molecule has 0 radical (unpaired) electrons. The molecule has 32 heavy (non-hydrogen) atoms. The number of ether oxygens (including phenoxy) is 2. The quantitative estimate of drug-likeness (QED) is 0.293. The molecule has 0 fully saturated rings. The lowest BCUT2D eigenvalue weighted by Gasteiger charge is -2.18. The van der Waals surface area contributed by atoms with Crippen LogP contribution < -0.4 is 15.0 Å². The van der Waals surface area contributed by atoms with E-state index in [1.54, 1.807) is 19.4 Å². The predicted octanol–water partition coefficient (Wildman–Crippen LogP) is 6.50. The molecule has 8 heteroatoms. The molecule has 3 aromatic rings. The number of aromatic nitrogens is 2. The molecular weight excluding hydrogens is 538 g/mol. The van der Waals surface area contributed by atoms with Gasteiger partial charge >= 0.3 is 0 Å². The largest absolute Gasteiger partial charge is 0.493 e. The number of methoxy groups -OCH3 is 1. The van der Waals surface area contributed by atoms with Crippen LogP contribution in [0.15, 0.2) is 49.2 Å². The number of fused-ring (bicyclic) bond motifs is 1. The Morgan fingerprint density at radius 3 is 2.53 bits per heavy atom. The SMILES string of the molecule is CC[C@@H](C)c1nc2ccc(Br)cc2c(=O)n1N=Cc1cc(Br)cc(OC)c1O[C@@H](C)CC. The Morgan fingerprint density at radius 2 is 1.88 bits per heavy atom. The lowest BCUT2D eigenvalue weighted by atomic mass is 10.1. The van der Waals surface area contributed by atoms with E-state index in [9.17, 15) is 4.79 Å². The Labute approximate surface area is 204 Å². The molecule has 170 valence electrons. The zero-order valence-electron chi connectivity index (χ0n) is 18.9. The van der Waals surface area contributed by atoms with Gasteiger partial charge < -0.3 is 9.47 Å². The summed E-state index contributed by atoms with van der Waals surface area (Å²) in [7, 11) is 1.60. The normalized spacial score (nSPS) is 13.5. The Morgan fingerprint density at radius 1 is 1.12 bits per heavy atom. The zero-order valence-corrected chi connectivity index (χ0v) is 22.0. The van der Waals surface area contributed by atoms with Gasteiger partial charge in [-0.1, -0.05) is 52.6 Å². The van der Waals surface area contributed by atoms with Crippen molar-refractivity contribution in [2.24, 2.45) is 5.10 Å². The minimum Gasteiger partial charge on any atom is -0.493 e. The van der Waals surface area contributed by atoms with Crippen molar-refractivity contribution in [1.29, 1.82) is 0 Å². The first kappa shape index (κ1) is 24.5. The van der Waals surface area contributed by atoms with Crippen LogP contribution in [0, 0.1) is 0 Å². The predicted molar refractivity (Wildman–Crippen MR) is 136 cm³/mol. The van der Waals surface area contributed by atoms with Crippen LogP contribution in [0.3, 0.4) is 0 Å². The van der Waals surface area contributed by atoms with Crippen molar-refractivity contribution >= 4 is 49.0 Å². The van der Waals surface area contributed by atoms with Crippen molar-refractivity contribution in [2.45, 2.75) is 52.6 Å². The van der Waals surface area contributed by atoms with Crippen LogP contribution in [0.1, 0.15) is 57.8 Å². The summed E-state index contributed by atoms with van der Waals surface area (Å²) in [6.07, 6.45) is 3.30. The maximum Gasteiger partial charge on any atom is 0.282 e. The summed E-state index contributed by atoms with van der Waals surface area (Å²) >= 11 is 6.96. The molecule has 0 unspecified atom stereocenters. The van der Waals surface area contributed by atoms with E-state index in [1.807, 2.05) is 38.1 Å². The highest BCUT2D eigenvalue weighted by Gasteiger charge is 2.17. The van der Waals surface area contributed by atoms with E-state index in [1.165, 1.54) is 4.68 Å². The van der Waals surface area contributed by atoms with Gasteiger partial charge in [0.25, 0.3) is 5.56 Å². The number of rotatable bonds is 8. The third-order valence-corrected chi connectivity index (χ3v) is 6.31. The first-order chi connectivity index (χ1) is 15.3. The topological polar surface area (TPSA) is 65.7 Å². The van der Waals surface area contributed by atoms with Gasteiger partial charge in [0, 0.05) is 20.4 Å². The van der Waals surface area contributed by atoms with E-state index >= 15 is 0 Å². The highest BCUT2D eigenvalue weighted by molar-refractivity contribution is 9.10. The van der Waals surface area contributed by atoms with Crippen LogP contribution in [-0.4, -0.2) is 29.1 Å². The summed E-state index contributed by atoms with van der Waals surface area (Å²) < 4.78 is 14.7. The fourth-order valence-corrected chi connectivity index (χ4v) is 3.96. The standard InChI is InChI=1S/C24H27Br2N3O3/c1-6-14(3)23-28-20-9-8-17(25)11-19(20)24(30)29(23)27-13-16-10-18(26)12-21(31-5)22(16)32-15(4)7-2/h8-15H,6-7H2,1-5H3/t14-,15+/m1/s1. The summed E-state index contributed by atoms with van der Waals surface area (Å²) in [5.41, 5.74) is 1.15. The van der Waals surface area contributed by atoms with Gasteiger partial charge in [-0.15, -0.1) is 0 Å². The molecule has 1 aromatic heterocycles. The molecular formula is C24H27Br2N3O3. The van der Waals surface area contributed by atoms with E-state index in [4.69, 9.17) is 14.5 Å². The van der Waals surface area contributed by atoms with Gasteiger partial charge in [0.1, 0.15) is 5.82 Å². The average molecular weight is 565 g/mol. The molecule has 1 heterocycles. The van der Waals surface area contributed by atoms with Crippen molar-refractivity contribution in [1.82, 2.24) is 9.66 Å². The van der Waals surface area contributed by atoms with E-state index < -0.39 is 0 Å². The molecule has 2 aromatic carbocycles. The maximum absolute atomic E-state index is 13.4. The Balaban J connectivity index is 2.21.